The topological polar surface area (TPSA) is 117 Å². The van der Waals surface area contributed by atoms with Crippen molar-refractivity contribution in [1.82, 2.24) is 5.32 Å². The van der Waals surface area contributed by atoms with Crippen molar-refractivity contribution < 1.29 is 19.1 Å². The molecule has 2 atom stereocenters. The number of halogens is 1. The van der Waals surface area contributed by atoms with Crippen LogP contribution in [0.25, 0.3) is 0 Å². The smallest absolute Gasteiger partial charge is 0.414 e. The molecule has 0 saturated carbocycles. The van der Waals surface area contributed by atoms with Gasteiger partial charge in [0.15, 0.2) is 0 Å². The lowest BCUT2D eigenvalue weighted by molar-refractivity contribution is -0.111. The van der Waals surface area contributed by atoms with E-state index in [1.165, 1.54) is 22.3 Å². The van der Waals surface area contributed by atoms with Gasteiger partial charge in [0, 0.05) is 24.8 Å². The van der Waals surface area contributed by atoms with Crippen LogP contribution < -0.4 is 26.2 Å². The van der Waals surface area contributed by atoms with E-state index in [2.05, 4.69) is 22.1 Å². The molecule has 0 bridgehead atoms. The number of nitrogens with zero attached hydrogens (tertiary/aromatic N) is 2. The number of hydrogen-bond acceptors (Lipinski definition) is 7. The molecule has 2 aliphatic heterocycles. The van der Waals surface area contributed by atoms with E-state index in [9.17, 15) is 14.4 Å². The van der Waals surface area contributed by atoms with E-state index in [4.69, 9.17) is 22.1 Å². The third kappa shape index (κ3) is 5.29. The van der Waals surface area contributed by atoms with Gasteiger partial charge in [-0.3, -0.25) is 14.5 Å². The lowest BCUT2D eigenvalue weighted by Gasteiger charge is -2.24. The SMILES string of the molecule is C=CC(=O)Nc1cc(N2CC(CNC(=O)c3ccc(Cl)s3)OC2=O)ccc1N1CCC(N)C1. The number of ether oxygens (including phenoxy) is 1. The zero-order chi connectivity index (χ0) is 23.5. The van der Waals surface area contributed by atoms with E-state index in [1.807, 2.05) is 6.07 Å². The lowest BCUT2D eigenvalue weighted by Crippen LogP contribution is -2.34. The molecule has 0 radical (unpaired) electrons. The highest BCUT2D eigenvalue weighted by Gasteiger charge is 2.33. The first-order valence-corrected chi connectivity index (χ1v) is 11.6. The normalized spacial score (nSPS) is 20.0. The van der Waals surface area contributed by atoms with Crippen molar-refractivity contribution in [2.75, 3.05) is 41.3 Å². The molecule has 0 spiro atoms. The molecule has 4 N–H and O–H groups in total. The summed E-state index contributed by atoms with van der Waals surface area (Å²) < 4.78 is 5.95. The molecule has 0 aliphatic carbocycles. The molecule has 2 saturated heterocycles. The van der Waals surface area contributed by atoms with Gasteiger partial charge in [-0.15, -0.1) is 11.3 Å². The fourth-order valence-corrected chi connectivity index (χ4v) is 4.79. The van der Waals surface area contributed by atoms with E-state index in [1.54, 1.807) is 24.3 Å². The number of amides is 3. The number of carbonyl (C=O) groups is 3. The number of thiophene rings is 1. The Morgan fingerprint density at radius 2 is 2.12 bits per heavy atom. The second-order valence-corrected chi connectivity index (χ2v) is 9.53. The monoisotopic (exact) mass is 489 g/mol. The number of anilines is 3. The summed E-state index contributed by atoms with van der Waals surface area (Å²) in [6, 6.07) is 8.76. The van der Waals surface area contributed by atoms with E-state index in [0.717, 1.165) is 18.7 Å². The van der Waals surface area contributed by atoms with Crippen molar-refractivity contribution in [1.29, 1.82) is 0 Å². The summed E-state index contributed by atoms with van der Waals surface area (Å²) in [5, 5.41) is 5.58. The fourth-order valence-electron chi connectivity index (χ4n) is 3.83. The molecule has 9 nitrogen and oxygen atoms in total. The average Bonchev–Trinajstić information content (AvgIpc) is 3.52. The molecule has 11 heteroatoms. The molecule has 1 aromatic carbocycles. The number of cyclic esters (lactones) is 1. The van der Waals surface area contributed by atoms with Crippen LogP contribution in [0.3, 0.4) is 0 Å². The number of benzene rings is 1. The van der Waals surface area contributed by atoms with Gasteiger partial charge in [-0.2, -0.15) is 0 Å². The molecular formula is C22H24ClN5O4S. The third-order valence-corrected chi connectivity index (χ3v) is 6.69. The zero-order valence-electron chi connectivity index (χ0n) is 17.8. The van der Waals surface area contributed by atoms with Gasteiger partial charge >= 0.3 is 6.09 Å². The largest absolute Gasteiger partial charge is 0.442 e. The second-order valence-electron chi connectivity index (χ2n) is 7.82. The molecule has 2 fully saturated rings. The highest BCUT2D eigenvalue weighted by molar-refractivity contribution is 7.18. The van der Waals surface area contributed by atoms with Gasteiger partial charge in [0.1, 0.15) is 6.10 Å². The molecular weight excluding hydrogens is 466 g/mol. The van der Waals surface area contributed by atoms with Crippen molar-refractivity contribution in [3.8, 4) is 0 Å². The Morgan fingerprint density at radius 1 is 1.30 bits per heavy atom. The highest BCUT2D eigenvalue weighted by atomic mass is 35.5. The van der Waals surface area contributed by atoms with Crippen molar-refractivity contribution in [2.24, 2.45) is 5.73 Å². The van der Waals surface area contributed by atoms with Crippen molar-refractivity contribution in [2.45, 2.75) is 18.6 Å². The van der Waals surface area contributed by atoms with Gasteiger partial charge in [0.2, 0.25) is 5.91 Å². The number of rotatable bonds is 7. The molecule has 3 amide bonds. The Labute approximate surface area is 200 Å². The van der Waals surface area contributed by atoms with E-state index < -0.39 is 12.2 Å². The lowest BCUT2D eigenvalue weighted by atomic mass is 10.2. The summed E-state index contributed by atoms with van der Waals surface area (Å²) in [6.45, 7) is 5.39. The Bertz CT molecular complexity index is 1090. The van der Waals surface area contributed by atoms with E-state index in [0.29, 0.717) is 27.1 Å². The van der Waals surface area contributed by atoms with Crippen LogP contribution in [-0.2, 0) is 9.53 Å². The van der Waals surface area contributed by atoms with Crippen LogP contribution in [0.5, 0.6) is 0 Å². The minimum absolute atomic E-state index is 0.0716. The van der Waals surface area contributed by atoms with E-state index >= 15 is 0 Å². The number of nitrogens with one attached hydrogen (secondary N) is 2. The molecule has 33 heavy (non-hydrogen) atoms. The first-order chi connectivity index (χ1) is 15.8. The van der Waals surface area contributed by atoms with Gasteiger partial charge in [-0.25, -0.2) is 4.79 Å². The molecule has 4 rings (SSSR count). The Morgan fingerprint density at radius 3 is 2.79 bits per heavy atom. The number of hydrogen-bond donors (Lipinski definition) is 3. The summed E-state index contributed by atoms with van der Waals surface area (Å²) in [5.74, 6) is -0.626. The molecule has 3 heterocycles. The maximum absolute atomic E-state index is 12.5. The van der Waals surface area contributed by atoms with Gasteiger partial charge in [0.05, 0.1) is 33.7 Å². The van der Waals surface area contributed by atoms with Crippen LogP contribution in [-0.4, -0.2) is 56.2 Å². The Balaban J connectivity index is 1.46. The fraction of sp³-hybridized carbons (Fsp3) is 0.318. The minimum atomic E-state index is -0.523. The molecule has 2 aliphatic rings. The molecule has 1 aromatic heterocycles. The summed E-state index contributed by atoms with van der Waals surface area (Å²) in [7, 11) is 0. The van der Waals surface area contributed by atoms with Gasteiger partial charge in [0.25, 0.3) is 5.91 Å². The Hall–Kier alpha value is -3.08. The van der Waals surface area contributed by atoms with Crippen molar-refractivity contribution >= 4 is 57.9 Å². The van der Waals surface area contributed by atoms with Crippen LogP contribution in [0.1, 0.15) is 16.1 Å². The van der Waals surface area contributed by atoms with Crippen LogP contribution in [0.15, 0.2) is 43.0 Å². The summed E-state index contributed by atoms with van der Waals surface area (Å²) in [4.78, 5) is 40.8. The van der Waals surface area contributed by atoms with Crippen LogP contribution in [0.4, 0.5) is 21.9 Å². The van der Waals surface area contributed by atoms with Crippen LogP contribution in [0, 0.1) is 0 Å². The minimum Gasteiger partial charge on any atom is -0.442 e. The summed E-state index contributed by atoms with van der Waals surface area (Å²) in [5.41, 5.74) is 8.00. The predicted molar refractivity (Wildman–Crippen MR) is 129 cm³/mol. The summed E-state index contributed by atoms with van der Waals surface area (Å²) in [6.07, 6.45) is 1.01. The highest BCUT2D eigenvalue weighted by Crippen LogP contribution is 2.34. The van der Waals surface area contributed by atoms with Gasteiger partial charge < -0.3 is 26.0 Å². The molecule has 2 unspecified atom stereocenters. The average molecular weight is 490 g/mol. The number of carbonyl (C=O) groups excluding carboxylic acids is 3. The summed E-state index contributed by atoms with van der Waals surface area (Å²) >= 11 is 7.05. The van der Waals surface area contributed by atoms with Gasteiger partial charge in [-0.1, -0.05) is 18.2 Å². The maximum Gasteiger partial charge on any atom is 0.414 e. The van der Waals surface area contributed by atoms with Crippen molar-refractivity contribution in [3.63, 3.8) is 0 Å². The first-order valence-electron chi connectivity index (χ1n) is 10.4. The first kappa shape index (κ1) is 23.1. The van der Waals surface area contributed by atoms with E-state index in [-0.39, 0.29) is 30.9 Å². The maximum atomic E-state index is 12.5. The molecule has 2 aromatic rings. The second kappa shape index (κ2) is 9.82. The van der Waals surface area contributed by atoms with Crippen molar-refractivity contribution in [3.05, 3.63) is 52.2 Å². The predicted octanol–water partition coefficient (Wildman–Crippen LogP) is 2.82. The van der Waals surface area contributed by atoms with Crippen LogP contribution in [0.2, 0.25) is 4.34 Å². The quantitative estimate of drug-likeness (QED) is 0.515. The standard InChI is InChI=1S/C22H24ClN5O4S/c1-2-20(29)26-16-9-14(3-4-17(16)27-8-7-13(24)11-27)28-12-15(32-22(28)31)10-25-21(30)18-5-6-19(23)33-18/h2-6,9,13,15H,1,7-8,10-12,24H2,(H,25,30)(H,26,29). The Kier molecular flexibility index (Phi) is 6.87. The molecule has 174 valence electrons. The zero-order valence-corrected chi connectivity index (χ0v) is 19.3. The van der Waals surface area contributed by atoms with Gasteiger partial charge in [-0.05, 0) is 42.8 Å². The number of nitrogens with two attached hydrogens (primary N) is 1. The third-order valence-electron chi connectivity index (χ3n) is 5.46. The van der Waals surface area contributed by atoms with Crippen LogP contribution >= 0.6 is 22.9 Å².